The molecule has 1 aliphatic heterocycles. The molecule has 0 aromatic heterocycles. The molecule has 2 fully saturated rings. The van der Waals surface area contributed by atoms with Gasteiger partial charge in [0.1, 0.15) is 6.04 Å². The molecule has 0 aromatic carbocycles. The highest BCUT2D eigenvalue weighted by atomic mass is 16.3. The van der Waals surface area contributed by atoms with Gasteiger partial charge in [0, 0.05) is 18.1 Å². The van der Waals surface area contributed by atoms with E-state index in [4.69, 9.17) is 5.73 Å². The van der Waals surface area contributed by atoms with Gasteiger partial charge < -0.3 is 31.7 Å². The molecule has 2 rings (SSSR count). The fourth-order valence-electron chi connectivity index (χ4n) is 4.68. The summed E-state index contributed by atoms with van der Waals surface area (Å²) in [5.74, 6) is 0.691. The highest BCUT2D eigenvalue weighted by molar-refractivity contribution is 5.88. The van der Waals surface area contributed by atoms with Crippen LogP contribution in [0.3, 0.4) is 0 Å². The Bertz CT molecular complexity index is 803. The third-order valence-corrected chi connectivity index (χ3v) is 7.56. The van der Waals surface area contributed by atoms with Crippen molar-refractivity contribution < 1.29 is 24.3 Å². The molecule has 6 atom stereocenters. The third-order valence-electron chi connectivity index (χ3n) is 7.56. The van der Waals surface area contributed by atoms with Gasteiger partial charge in [-0.15, -0.1) is 0 Å². The van der Waals surface area contributed by atoms with Crippen LogP contribution >= 0.6 is 0 Å². The predicted molar refractivity (Wildman–Crippen MR) is 160 cm³/mol. The number of hydrogen-bond donors (Lipinski definition) is 5. The maximum atomic E-state index is 13.1. The lowest BCUT2D eigenvalue weighted by Gasteiger charge is -2.36. The average Bonchev–Trinajstić information content (AvgIpc) is 3.04. The Kier molecular flexibility index (Phi) is 15.8. The first-order valence-corrected chi connectivity index (χ1v) is 14.9. The molecule has 1 heterocycles. The van der Waals surface area contributed by atoms with E-state index in [0.29, 0.717) is 30.6 Å². The number of aliphatic hydroxyl groups is 1. The van der Waals surface area contributed by atoms with Crippen molar-refractivity contribution in [3.05, 3.63) is 0 Å². The van der Waals surface area contributed by atoms with Crippen LogP contribution in [0.15, 0.2) is 0 Å². The van der Waals surface area contributed by atoms with Crippen LogP contribution in [-0.2, 0) is 14.4 Å². The first-order chi connectivity index (χ1) is 18.3. The molecule has 0 bridgehead atoms. The largest absolute Gasteiger partial charge is 0.381 e. The van der Waals surface area contributed by atoms with Crippen molar-refractivity contribution in [3.63, 3.8) is 0 Å². The number of urea groups is 1. The van der Waals surface area contributed by atoms with Gasteiger partial charge in [-0.2, -0.15) is 0 Å². The van der Waals surface area contributed by atoms with Crippen molar-refractivity contribution in [2.45, 2.75) is 138 Å². The van der Waals surface area contributed by atoms with Gasteiger partial charge in [0.25, 0.3) is 0 Å². The van der Waals surface area contributed by atoms with Crippen LogP contribution in [0.5, 0.6) is 0 Å². The summed E-state index contributed by atoms with van der Waals surface area (Å²) >= 11 is 0. The second kappa shape index (κ2) is 16.8. The zero-order valence-electron chi connectivity index (χ0n) is 27.0. The summed E-state index contributed by atoms with van der Waals surface area (Å²) < 4.78 is 0. The number of hydrogen-bond acceptors (Lipinski definition) is 5. The molecular formula is C30H59N5O5. The summed E-state index contributed by atoms with van der Waals surface area (Å²) in [6.45, 7) is 23.2. The Hall–Kier alpha value is -2.36. The van der Waals surface area contributed by atoms with E-state index in [1.807, 2.05) is 46.4 Å². The number of carbonyl (C=O) groups is 4. The number of likely N-dealkylation sites (tertiary alicyclic amines) is 1. The molecule has 1 saturated heterocycles. The first-order valence-electron chi connectivity index (χ1n) is 14.9. The molecule has 6 N–H and O–H groups in total. The van der Waals surface area contributed by atoms with E-state index in [1.54, 1.807) is 0 Å². The zero-order valence-corrected chi connectivity index (χ0v) is 27.0. The molecule has 10 heteroatoms. The number of rotatable bonds is 8. The van der Waals surface area contributed by atoms with Crippen molar-refractivity contribution in [3.8, 4) is 0 Å². The second-order valence-electron chi connectivity index (χ2n) is 13.7. The lowest BCUT2D eigenvalue weighted by atomic mass is 9.80. The maximum absolute atomic E-state index is 13.1. The first kappa shape index (κ1) is 37.6. The van der Waals surface area contributed by atoms with Gasteiger partial charge in [-0.05, 0) is 57.3 Å². The monoisotopic (exact) mass is 569 g/mol. The van der Waals surface area contributed by atoms with Crippen LogP contribution in [0.2, 0.25) is 0 Å². The van der Waals surface area contributed by atoms with E-state index in [-0.39, 0.29) is 28.9 Å². The fourth-order valence-corrected chi connectivity index (χ4v) is 4.68. The van der Waals surface area contributed by atoms with Crippen molar-refractivity contribution >= 4 is 24.3 Å². The van der Waals surface area contributed by atoms with Gasteiger partial charge in [0.05, 0.1) is 6.04 Å². The minimum absolute atomic E-state index is 0.0188. The highest BCUT2D eigenvalue weighted by Crippen LogP contribution is 2.32. The van der Waals surface area contributed by atoms with Gasteiger partial charge in [-0.3, -0.25) is 14.4 Å². The van der Waals surface area contributed by atoms with Crippen LogP contribution in [0.25, 0.3) is 0 Å². The molecule has 1 aliphatic carbocycles. The predicted octanol–water partition coefficient (Wildman–Crippen LogP) is 3.56. The molecule has 0 radical (unpaired) electrons. The van der Waals surface area contributed by atoms with Crippen molar-refractivity contribution in [2.75, 3.05) is 6.54 Å². The maximum Gasteiger partial charge on any atom is 0.315 e. The number of nitrogens with zero attached hydrogens (tertiary/aromatic N) is 1. The number of primary amides is 1. The van der Waals surface area contributed by atoms with Crippen LogP contribution < -0.4 is 21.7 Å². The summed E-state index contributed by atoms with van der Waals surface area (Å²) in [4.78, 5) is 48.2. The quantitative estimate of drug-likeness (QED) is 0.283. The molecule has 1 saturated carbocycles. The van der Waals surface area contributed by atoms with Crippen molar-refractivity contribution in [2.24, 2.45) is 28.9 Å². The standard InChI is InChI=1S/C18H35N3O2.C9H16N2O3.C3H8/c1-11-10-21(13(3)12(11)2)15(22)14(17(4,5)6)19-16(23)20-18(7,8)9;10-9(14)8(13)7(11-5-12)4-6-2-1-3-6;1-3-2/h11-14H,10H2,1-9H3,(H2,19,20,23);5-8,13H,1-4H2,(H2,10,14)(H,11,12);3H2,1-2H3/t11-,12-,13?,14?;;/m0../s1. The molecule has 0 spiro atoms. The minimum atomic E-state index is -1.28. The summed E-state index contributed by atoms with van der Waals surface area (Å²) in [6.07, 6.45) is 4.48. The normalized spacial score (nSPS) is 23.1. The highest BCUT2D eigenvalue weighted by Gasteiger charge is 2.42. The summed E-state index contributed by atoms with van der Waals surface area (Å²) in [5.41, 5.74) is 4.28. The molecule has 40 heavy (non-hydrogen) atoms. The summed E-state index contributed by atoms with van der Waals surface area (Å²) in [6, 6.07) is -1.16. The van der Waals surface area contributed by atoms with E-state index < -0.39 is 24.1 Å². The Morgan fingerprint density at radius 1 is 1.05 bits per heavy atom. The van der Waals surface area contributed by atoms with Gasteiger partial charge in [0.2, 0.25) is 18.2 Å². The Labute approximate surface area is 243 Å². The van der Waals surface area contributed by atoms with E-state index in [1.165, 1.54) is 12.8 Å². The minimum Gasteiger partial charge on any atom is -0.381 e. The molecule has 0 aromatic rings. The van der Waals surface area contributed by atoms with Gasteiger partial charge in [-0.25, -0.2) is 4.79 Å². The van der Waals surface area contributed by atoms with E-state index in [2.05, 4.69) is 50.6 Å². The molecule has 234 valence electrons. The molecule has 10 nitrogen and oxygen atoms in total. The number of amides is 5. The van der Waals surface area contributed by atoms with Crippen LogP contribution in [-0.4, -0.2) is 70.6 Å². The molecule has 2 aliphatic rings. The zero-order chi connectivity index (χ0) is 31.4. The fraction of sp³-hybridized carbons (Fsp3) is 0.867. The molecule has 4 unspecified atom stereocenters. The summed E-state index contributed by atoms with van der Waals surface area (Å²) in [7, 11) is 0. The number of carbonyl (C=O) groups excluding carboxylic acids is 4. The van der Waals surface area contributed by atoms with E-state index >= 15 is 0 Å². The van der Waals surface area contributed by atoms with E-state index in [0.717, 1.165) is 19.4 Å². The Morgan fingerprint density at radius 2 is 1.57 bits per heavy atom. The number of nitrogens with two attached hydrogens (primary N) is 1. The van der Waals surface area contributed by atoms with Crippen LogP contribution in [0.4, 0.5) is 4.79 Å². The Morgan fingerprint density at radius 3 is 1.90 bits per heavy atom. The topological polar surface area (TPSA) is 154 Å². The van der Waals surface area contributed by atoms with Crippen LogP contribution in [0.1, 0.15) is 108 Å². The van der Waals surface area contributed by atoms with Crippen LogP contribution in [0, 0.1) is 23.2 Å². The second-order valence-corrected chi connectivity index (χ2v) is 13.7. The average molecular weight is 570 g/mol. The summed E-state index contributed by atoms with van der Waals surface area (Å²) in [5, 5.41) is 17.6. The van der Waals surface area contributed by atoms with E-state index in [9.17, 15) is 24.3 Å². The van der Waals surface area contributed by atoms with Gasteiger partial charge in [0.15, 0.2) is 6.10 Å². The molecule has 5 amide bonds. The lowest BCUT2D eigenvalue weighted by Crippen LogP contribution is -2.59. The smallest absolute Gasteiger partial charge is 0.315 e. The Balaban J connectivity index is 0.000000759. The third kappa shape index (κ3) is 12.9. The lowest BCUT2D eigenvalue weighted by molar-refractivity contribution is -0.136. The van der Waals surface area contributed by atoms with Crippen molar-refractivity contribution in [1.82, 2.24) is 20.9 Å². The SMILES string of the molecule is CC1[C@@H](C)[C@@H](C)CN1C(=O)C(NC(=O)NC(C)(C)C)C(C)(C)C.CCC.NC(=O)C(O)C(CC1CCC1)NC=O. The van der Waals surface area contributed by atoms with Gasteiger partial charge >= 0.3 is 6.03 Å². The van der Waals surface area contributed by atoms with Crippen molar-refractivity contribution in [1.29, 1.82) is 0 Å². The molecular weight excluding hydrogens is 510 g/mol. The van der Waals surface area contributed by atoms with Gasteiger partial charge in [-0.1, -0.05) is 74.1 Å². The number of nitrogens with one attached hydrogen (secondary N) is 3. The number of aliphatic hydroxyl groups excluding tert-OH is 1.